The van der Waals surface area contributed by atoms with E-state index in [1.165, 1.54) is 0 Å². The number of amides is 1. The maximum Gasteiger partial charge on any atom is 0.226 e. The van der Waals surface area contributed by atoms with E-state index in [0.29, 0.717) is 5.91 Å². The molecule has 0 aromatic carbocycles. The lowest BCUT2D eigenvalue weighted by Crippen LogP contribution is -2.42. The lowest BCUT2D eigenvalue weighted by Gasteiger charge is -2.35. The Morgan fingerprint density at radius 2 is 2.28 bits per heavy atom. The maximum atomic E-state index is 12.9. The molecule has 6 heteroatoms. The average molecular weight is 340 g/mol. The van der Waals surface area contributed by atoms with E-state index in [1.807, 2.05) is 17.9 Å². The summed E-state index contributed by atoms with van der Waals surface area (Å²) in [5.41, 5.74) is 2.87. The Balaban J connectivity index is 1.51. The number of nitrogens with one attached hydrogen (secondary N) is 1. The third-order valence-corrected chi connectivity index (χ3v) is 5.32. The highest BCUT2D eigenvalue weighted by Crippen LogP contribution is 2.34. The first kappa shape index (κ1) is 16.1. The van der Waals surface area contributed by atoms with Crippen LogP contribution < -0.4 is 0 Å². The predicted molar refractivity (Wildman–Crippen MR) is 93.9 cm³/mol. The van der Waals surface area contributed by atoms with Gasteiger partial charge < -0.3 is 9.42 Å². The molecule has 1 fully saturated rings. The van der Waals surface area contributed by atoms with Crippen LogP contribution in [-0.4, -0.2) is 39.3 Å². The van der Waals surface area contributed by atoms with E-state index in [9.17, 15) is 4.79 Å². The first-order chi connectivity index (χ1) is 12.2. The number of rotatable bonds is 3. The van der Waals surface area contributed by atoms with Crippen LogP contribution in [0.4, 0.5) is 0 Å². The second-order valence-corrected chi connectivity index (χ2v) is 7.13. The summed E-state index contributed by atoms with van der Waals surface area (Å²) in [6, 6.07) is 1.93. The topological polar surface area (TPSA) is 75.0 Å². The molecule has 0 bridgehead atoms. The van der Waals surface area contributed by atoms with Crippen LogP contribution in [-0.2, 0) is 4.79 Å². The number of aryl methyl sites for hydroxylation is 1. The summed E-state index contributed by atoms with van der Waals surface area (Å²) in [4.78, 5) is 14.9. The van der Waals surface area contributed by atoms with Crippen molar-refractivity contribution in [2.75, 3.05) is 13.1 Å². The highest BCUT2D eigenvalue weighted by molar-refractivity contribution is 5.79. The second-order valence-electron chi connectivity index (χ2n) is 7.13. The molecular formula is C19H24N4O2. The summed E-state index contributed by atoms with van der Waals surface area (Å²) in [5.74, 6) is 1.47. The van der Waals surface area contributed by atoms with Gasteiger partial charge in [0.1, 0.15) is 0 Å². The lowest BCUT2D eigenvalue weighted by molar-refractivity contribution is -0.137. The Morgan fingerprint density at radius 3 is 3.04 bits per heavy atom. The summed E-state index contributed by atoms with van der Waals surface area (Å²) in [6.45, 7) is 3.52. The number of hydrogen-bond donors (Lipinski definition) is 1. The van der Waals surface area contributed by atoms with E-state index in [4.69, 9.17) is 4.52 Å². The van der Waals surface area contributed by atoms with Gasteiger partial charge in [-0.25, -0.2) is 0 Å². The molecule has 4 rings (SSSR count). The van der Waals surface area contributed by atoms with Crippen LogP contribution >= 0.6 is 0 Å². The number of carbonyl (C=O) groups excluding carboxylic acids is 1. The van der Waals surface area contributed by atoms with E-state index in [1.54, 1.807) is 6.20 Å². The van der Waals surface area contributed by atoms with Gasteiger partial charge in [-0.2, -0.15) is 5.10 Å². The molecule has 2 aliphatic rings. The van der Waals surface area contributed by atoms with Crippen LogP contribution in [0, 0.1) is 12.8 Å². The van der Waals surface area contributed by atoms with Crippen LogP contribution in [0.15, 0.2) is 28.9 Å². The van der Waals surface area contributed by atoms with Gasteiger partial charge in [0.05, 0.1) is 23.1 Å². The highest BCUT2D eigenvalue weighted by atomic mass is 16.5. The fraction of sp³-hybridized carbons (Fsp3) is 0.526. The van der Waals surface area contributed by atoms with Crippen LogP contribution in [0.1, 0.15) is 49.4 Å². The number of carbonyl (C=O) groups is 1. The minimum Gasteiger partial charge on any atom is -0.356 e. The van der Waals surface area contributed by atoms with Crippen molar-refractivity contribution >= 4 is 5.91 Å². The second kappa shape index (κ2) is 6.86. The van der Waals surface area contributed by atoms with Crippen molar-refractivity contribution in [1.82, 2.24) is 20.3 Å². The van der Waals surface area contributed by atoms with Gasteiger partial charge in [0, 0.05) is 31.0 Å². The Morgan fingerprint density at radius 1 is 1.36 bits per heavy atom. The number of allylic oxidation sites excluding steroid dienone is 2. The summed E-state index contributed by atoms with van der Waals surface area (Å²) >= 11 is 0. The van der Waals surface area contributed by atoms with Gasteiger partial charge in [0.15, 0.2) is 5.76 Å². The zero-order chi connectivity index (χ0) is 17.2. The Bertz CT molecular complexity index is 776. The molecule has 132 valence electrons. The molecule has 1 saturated heterocycles. The number of H-pyrrole nitrogens is 1. The molecule has 0 saturated carbocycles. The van der Waals surface area contributed by atoms with Crippen molar-refractivity contribution in [2.45, 2.75) is 44.9 Å². The SMILES string of the molecule is Cc1cc(-c2cn[nH]c2C2CCCN(C(=O)C3CC=CCC3)C2)on1. The summed E-state index contributed by atoms with van der Waals surface area (Å²) in [6.07, 6.45) is 11.1. The largest absolute Gasteiger partial charge is 0.356 e. The van der Waals surface area contributed by atoms with Crippen LogP contribution in [0.3, 0.4) is 0 Å². The first-order valence-corrected chi connectivity index (χ1v) is 9.13. The van der Waals surface area contributed by atoms with Crippen LogP contribution in [0.2, 0.25) is 0 Å². The average Bonchev–Trinajstić information content (AvgIpc) is 3.30. The minimum atomic E-state index is 0.155. The van der Waals surface area contributed by atoms with E-state index >= 15 is 0 Å². The normalized spacial score (nSPS) is 23.8. The lowest BCUT2D eigenvalue weighted by atomic mass is 9.89. The quantitative estimate of drug-likeness (QED) is 0.869. The van der Waals surface area contributed by atoms with Crippen molar-refractivity contribution in [3.63, 3.8) is 0 Å². The van der Waals surface area contributed by atoms with E-state index in [2.05, 4.69) is 27.5 Å². The van der Waals surface area contributed by atoms with Crippen molar-refractivity contribution < 1.29 is 9.32 Å². The molecule has 1 N–H and O–H groups in total. The number of piperidine rings is 1. The minimum absolute atomic E-state index is 0.155. The van der Waals surface area contributed by atoms with Crippen molar-refractivity contribution in [2.24, 2.45) is 5.92 Å². The molecule has 2 atom stereocenters. The van der Waals surface area contributed by atoms with Crippen molar-refractivity contribution in [3.05, 3.63) is 35.8 Å². The summed E-state index contributed by atoms with van der Waals surface area (Å²) < 4.78 is 5.41. The molecule has 25 heavy (non-hydrogen) atoms. The number of likely N-dealkylation sites (tertiary alicyclic amines) is 1. The molecule has 6 nitrogen and oxygen atoms in total. The molecule has 1 aliphatic carbocycles. The smallest absolute Gasteiger partial charge is 0.226 e. The molecule has 2 aromatic heterocycles. The maximum absolute atomic E-state index is 12.9. The van der Waals surface area contributed by atoms with Crippen molar-refractivity contribution in [3.8, 4) is 11.3 Å². The molecule has 3 heterocycles. The predicted octanol–water partition coefficient (Wildman–Crippen LogP) is 3.44. The fourth-order valence-corrected chi connectivity index (χ4v) is 3.98. The van der Waals surface area contributed by atoms with Gasteiger partial charge in [0.2, 0.25) is 5.91 Å². The first-order valence-electron chi connectivity index (χ1n) is 9.13. The van der Waals surface area contributed by atoms with Crippen molar-refractivity contribution in [1.29, 1.82) is 0 Å². The Labute approximate surface area is 147 Å². The molecule has 1 aliphatic heterocycles. The molecule has 1 amide bonds. The molecule has 2 unspecified atom stereocenters. The van der Waals surface area contributed by atoms with Crippen LogP contribution in [0.25, 0.3) is 11.3 Å². The summed E-state index contributed by atoms with van der Waals surface area (Å²) in [7, 11) is 0. The molecule has 0 radical (unpaired) electrons. The number of nitrogens with zero attached hydrogens (tertiary/aromatic N) is 3. The zero-order valence-electron chi connectivity index (χ0n) is 14.6. The van der Waals surface area contributed by atoms with Gasteiger partial charge in [-0.15, -0.1) is 0 Å². The standard InChI is InChI=1S/C19H24N4O2/c1-13-10-17(25-22-13)16-11-20-21-18(16)15-8-5-9-23(12-15)19(24)14-6-3-2-4-7-14/h2-3,10-11,14-15H,4-9,12H2,1H3,(H,20,21). The number of aromatic amines is 1. The van der Waals surface area contributed by atoms with Gasteiger partial charge >= 0.3 is 0 Å². The van der Waals surface area contributed by atoms with Gasteiger partial charge in [0.25, 0.3) is 0 Å². The van der Waals surface area contributed by atoms with Gasteiger partial charge in [-0.3, -0.25) is 9.89 Å². The Hall–Kier alpha value is -2.37. The zero-order valence-corrected chi connectivity index (χ0v) is 14.6. The van der Waals surface area contributed by atoms with E-state index in [0.717, 1.165) is 67.9 Å². The van der Waals surface area contributed by atoms with Gasteiger partial charge in [-0.1, -0.05) is 17.3 Å². The fourth-order valence-electron chi connectivity index (χ4n) is 3.98. The summed E-state index contributed by atoms with van der Waals surface area (Å²) in [5, 5.41) is 11.3. The monoisotopic (exact) mass is 340 g/mol. The molecule has 0 spiro atoms. The Kier molecular flexibility index (Phi) is 4.42. The number of hydrogen-bond acceptors (Lipinski definition) is 4. The molecule has 2 aromatic rings. The third kappa shape index (κ3) is 3.25. The van der Waals surface area contributed by atoms with E-state index < -0.39 is 0 Å². The van der Waals surface area contributed by atoms with E-state index in [-0.39, 0.29) is 11.8 Å². The molecular weight excluding hydrogens is 316 g/mol. The third-order valence-electron chi connectivity index (χ3n) is 5.32. The van der Waals surface area contributed by atoms with Gasteiger partial charge in [-0.05, 0) is 39.0 Å². The van der Waals surface area contributed by atoms with Crippen LogP contribution in [0.5, 0.6) is 0 Å². The highest BCUT2D eigenvalue weighted by Gasteiger charge is 2.31. The number of aromatic nitrogens is 3.